The molecule has 4 rings (SSSR count). The van der Waals surface area contributed by atoms with Crippen LogP contribution in [0.5, 0.6) is 0 Å². The predicted octanol–water partition coefficient (Wildman–Crippen LogP) is 3.29. The van der Waals surface area contributed by atoms with Crippen molar-refractivity contribution < 1.29 is 0 Å². The smallest absolute Gasteiger partial charge is 0.224 e. The van der Waals surface area contributed by atoms with E-state index in [0.717, 1.165) is 50.7 Å². The third-order valence-electron chi connectivity index (χ3n) is 4.74. The first-order chi connectivity index (χ1) is 11.3. The lowest BCUT2D eigenvalue weighted by atomic mass is 10.0. The van der Waals surface area contributed by atoms with Crippen molar-refractivity contribution in [2.24, 2.45) is 0 Å². The SMILES string of the molecule is Clc1nc2c(c(N3CCCC3)n1)CN(Cc1ccccc1)CC2. The average Bonchev–Trinajstić information content (AvgIpc) is 3.10. The molecule has 120 valence electrons. The minimum Gasteiger partial charge on any atom is -0.356 e. The molecule has 0 amide bonds. The van der Waals surface area contributed by atoms with Crippen molar-refractivity contribution >= 4 is 17.4 Å². The molecule has 0 N–H and O–H groups in total. The van der Waals surface area contributed by atoms with Crippen molar-refractivity contribution in [3.8, 4) is 0 Å². The van der Waals surface area contributed by atoms with Crippen molar-refractivity contribution in [1.82, 2.24) is 14.9 Å². The van der Waals surface area contributed by atoms with E-state index in [1.807, 2.05) is 0 Å². The van der Waals surface area contributed by atoms with Gasteiger partial charge in [0.1, 0.15) is 5.82 Å². The molecule has 0 saturated carbocycles. The fourth-order valence-corrected chi connectivity index (χ4v) is 3.77. The molecule has 1 fully saturated rings. The number of nitrogens with zero attached hydrogens (tertiary/aromatic N) is 4. The van der Waals surface area contributed by atoms with Gasteiger partial charge in [0, 0.05) is 44.7 Å². The molecule has 2 aromatic rings. The maximum atomic E-state index is 6.16. The molecule has 0 bridgehead atoms. The molecule has 1 saturated heterocycles. The summed E-state index contributed by atoms with van der Waals surface area (Å²) < 4.78 is 0. The second kappa shape index (κ2) is 6.46. The summed E-state index contributed by atoms with van der Waals surface area (Å²) in [6.45, 7) is 5.07. The van der Waals surface area contributed by atoms with Crippen molar-refractivity contribution in [2.45, 2.75) is 32.4 Å². The molecule has 0 aliphatic carbocycles. The van der Waals surface area contributed by atoms with Crippen LogP contribution in [-0.2, 0) is 19.5 Å². The van der Waals surface area contributed by atoms with Gasteiger partial charge in [0.2, 0.25) is 5.28 Å². The lowest BCUT2D eigenvalue weighted by Crippen LogP contribution is -2.33. The molecule has 1 aromatic heterocycles. The van der Waals surface area contributed by atoms with Crippen molar-refractivity contribution in [2.75, 3.05) is 24.5 Å². The Morgan fingerprint density at radius 1 is 1.00 bits per heavy atom. The average molecular weight is 329 g/mol. The summed E-state index contributed by atoms with van der Waals surface area (Å²) in [4.78, 5) is 13.9. The molecule has 4 nitrogen and oxygen atoms in total. The van der Waals surface area contributed by atoms with Crippen LogP contribution in [0.15, 0.2) is 30.3 Å². The lowest BCUT2D eigenvalue weighted by molar-refractivity contribution is 0.243. The van der Waals surface area contributed by atoms with Crippen LogP contribution < -0.4 is 4.90 Å². The highest BCUT2D eigenvalue weighted by Gasteiger charge is 2.26. The second-order valence-corrected chi connectivity index (χ2v) is 6.72. The van der Waals surface area contributed by atoms with Crippen LogP contribution in [0.1, 0.15) is 29.7 Å². The van der Waals surface area contributed by atoms with E-state index >= 15 is 0 Å². The highest BCUT2D eigenvalue weighted by atomic mass is 35.5. The molecule has 5 heteroatoms. The second-order valence-electron chi connectivity index (χ2n) is 6.38. The number of hydrogen-bond acceptors (Lipinski definition) is 4. The molecular formula is C18H21ClN4. The van der Waals surface area contributed by atoms with E-state index in [1.165, 1.54) is 24.0 Å². The summed E-state index contributed by atoms with van der Waals surface area (Å²) in [6.07, 6.45) is 3.43. The summed E-state index contributed by atoms with van der Waals surface area (Å²) in [6, 6.07) is 10.7. The van der Waals surface area contributed by atoms with Gasteiger partial charge in [0.15, 0.2) is 0 Å². The summed E-state index contributed by atoms with van der Waals surface area (Å²) in [5.74, 6) is 1.07. The summed E-state index contributed by atoms with van der Waals surface area (Å²) in [7, 11) is 0. The molecule has 3 heterocycles. The summed E-state index contributed by atoms with van der Waals surface area (Å²) in [5.41, 5.74) is 3.77. The highest BCUT2D eigenvalue weighted by Crippen LogP contribution is 2.30. The fraction of sp³-hybridized carbons (Fsp3) is 0.444. The van der Waals surface area contributed by atoms with Crippen LogP contribution in [0.25, 0.3) is 0 Å². The van der Waals surface area contributed by atoms with Crippen LogP contribution in [0.2, 0.25) is 5.28 Å². The number of benzene rings is 1. The van der Waals surface area contributed by atoms with Crippen LogP contribution in [0.3, 0.4) is 0 Å². The van der Waals surface area contributed by atoms with E-state index in [0.29, 0.717) is 5.28 Å². The van der Waals surface area contributed by atoms with Crippen molar-refractivity contribution in [3.05, 3.63) is 52.4 Å². The molecule has 0 unspecified atom stereocenters. The Balaban J connectivity index is 1.60. The van der Waals surface area contributed by atoms with E-state index in [4.69, 9.17) is 11.6 Å². The van der Waals surface area contributed by atoms with E-state index in [2.05, 4.69) is 50.1 Å². The topological polar surface area (TPSA) is 32.3 Å². The molecule has 0 radical (unpaired) electrons. The Kier molecular flexibility index (Phi) is 4.19. The Labute approximate surface area is 142 Å². The zero-order valence-electron chi connectivity index (χ0n) is 13.2. The fourth-order valence-electron chi connectivity index (χ4n) is 3.59. The molecule has 0 atom stereocenters. The molecule has 1 aromatic carbocycles. The molecule has 2 aliphatic rings. The highest BCUT2D eigenvalue weighted by molar-refractivity contribution is 6.28. The van der Waals surface area contributed by atoms with Gasteiger partial charge < -0.3 is 4.90 Å². The first kappa shape index (κ1) is 14.9. The number of hydrogen-bond donors (Lipinski definition) is 0. The normalized spacial score (nSPS) is 18.2. The number of anilines is 1. The first-order valence-corrected chi connectivity index (χ1v) is 8.74. The van der Waals surface area contributed by atoms with Gasteiger partial charge in [-0.15, -0.1) is 0 Å². The maximum Gasteiger partial charge on any atom is 0.224 e. The van der Waals surface area contributed by atoms with E-state index in [-0.39, 0.29) is 0 Å². The molecule has 23 heavy (non-hydrogen) atoms. The van der Waals surface area contributed by atoms with Gasteiger partial charge in [-0.05, 0) is 30.0 Å². The molecule has 2 aliphatic heterocycles. The van der Waals surface area contributed by atoms with E-state index in [9.17, 15) is 0 Å². The van der Waals surface area contributed by atoms with Gasteiger partial charge >= 0.3 is 0 Å². The van der Waals surface area contributed by atoms with E-state index < -0.39 is 0 Å². The van der Waals surface area contributed by atoms with Gasteiger partial charge in [0.25, 0.3) is 0 Å². The van der Waals surface area contributed by atoms with Crippen molar-refractivity contribution in [3.63, 3.8) is 0 Å². The first-order valence-electron chi connectivity index (χ1n) is 8.36. The third kappa shape index (κ3) is 3.19. The minimum absolute atomic E-state index is 0.391. The monoisotopic (exact) mass is 328 g/mol. The van der Waals surface area contributed by atoms with Gasteiger partial charge in [-0.3, -0.25) is 4.90 Å². The Morgan fingerprint density at radius 3 is 2.57 bits per heavy atom. The van der Waals surface area contributed by atoms with E-state index in [1.54, 1.807) is 0 Å². The Bertz CT molecular complexity index is 683. The van der Waals surface area contributed by atoms with Crippen LogP contribution in [0, 0.1) is 0 Å². The Hall–Kier alpha value is -1.65. The molecule has 0 spiro atoms. The molecular weight excluding hydrogens is 308 g/mol. The van der Waals surface area contributed by atoms with Gasteiger partial charge in [-0.25, -0.2) is 9.97 Å². The Morgan fingerprint density at radius 2 is 1.78 bits per heavy atom. The van der Waals surface area contributed by atoms with Crippen LogP contribution in [-0.4, -0.2) is 34.5 Å². The van der Waals surface area contributed by atoms with Gasteiger partial charge in [-0.2, -0.15) is 0 Å². The predicted molar refractivity (Wildman–Crippen MR) is 92.7 cm³/mol. The van der Waals surface area contributed by atoms with Crippen molar-refractivity contribution in [1.29, 1.82) is 0 Å². The third-order valence-corrected chi connectivity index (χ3v) is 4.91. The number of aromatic nitrogens is 2. The van der Waals surface area contributed by atoms with Gasteiger partial charge in [0.05, 0.1) is 5.69 Å². The standard InChI is InChI=1S/C18H21ClN4/c19-18-20-16-8-11-22(12-14-6-2-1-3-7-14)13-15(16)17(21-18)23-9-4-5-10-23/h1-3,6-7H,4-5,8-13H2. The number of rotatable bonds is 3. The maximum absolute atomic E-state index is 6.16. The minimum atomic E-state index is 0.391. The zero-order chi connectivity index (χ0) is 15.6. The zero-order valence-corrected chi connectivity index (χ0v) is 14.0. The summed E-state index contributed by atoms with van der Waals surface area (Å²) in [5, 5.41) is 0.391. The van der Waals surface area contributed by atoms with Gasteiger partial charge in [-0.1, -0.05) is 30.3 Å². The van der Waals surface area contributed by atoms with Crippen LogP contribution >= 0.6 is 11.6 Å². The lowest BCUT2D eigenvalue weighted by Gasteiger charge is -2.31. The number of halogens is 1. The largest absolute Gasteiger partial charge is 0.356 e. The quantitative estimate of drug-likeness (QED) is 0.809. The summed E-state index contributed by atoms with van der Waals surface area (Å²) >= 11 is 6.16. The van der Waals surface area contributed by atoms with Crippen LogP contribution in [0.4, 0.5) is 5.82 Å². The number of fused-ring (bicyclic) bond motifs is 1.